The van der Waals surface area contributed by atoms with Crippen molar-refractivity contribution in [1.29, 1.82) is 0 Å². The molecule has 1 N–H and O–H groups in total. The lowest BCUT2D eigenvalue weighted by atomic mass is 10.0. The van der Waals surface area contributed by atoms with Gasteiger partial charge in [0.2, 0.25) is 11.8 Å². The fourth-order valence-electron chi connectivity index (χ4n) is 2.55. The fourth-order valence-corrected chi connectivity index (χ4v) is 2.55. The van der Waals surface area contributed by atoms with Crippen molar-refractivity contribution in [2.24, 2.45) is 0 Å². The number of nitrogens with zero attached hydrogens (tertiary/aromatic N) is 1. The van der Waals surface area contributed by atoms with E-state index in [4.69, 9.17) is 4.74 Å². The Labute approximate surface area is 125 Å². The predicted molar refractivity (Wildman–Crippen MR) is 79.6 cm³/mol. The Morgan fingerprint density at radius 1 is 1.33 bits per heavy atom. The third-order valence-corrected chi connectivity index (χ3v) is 3.82. The van der Waals surface area contributed by atoms with Gasteiger partial charge in [-0.15, -0.1) is 0 Å². The number of hydrogen-bond donors (Lipinski definition) is 1. The molecule has 1 aromatic rings. The summed E-state index contributed by atoms with van der Waals surface area (Å²) in [6, 6.07) is 8.84. The van der Waals surface area contributed by atoms with E-state index in [1.165, 1.54) is 0 Å². The van der Waals surface area contributed by atoms with E-state index in [0.717, 1.165) is 12.0 Å². The minimum Gasteiger partial charge on any atom is -0.385 e. The Balaban J connectivity index is 2.20. The van der Waals surface area contributed by atoms with Gasteiger partial charge in [0.15, 0.2) is 0 Å². The third kappa shape index (κ3) is 3.82. The van der Waals surface area contributed by atoms with Crippen LogP contribution in [-0.4, -0.2) is 43.0 Å². The van der Waals surface area contributed by atoms with Gasteiger partial charge in [0.25, 0.3) is 0 Å². The Morgan fingerprint density at radius 3 is 2.71 bits per heavy atom. The summed E-state index contributed by atoms with van der Waals surface area (Å²) < 4.78 is 5.08. The number of benzene rings is 1. The molecule has 2 rings (SSSR count). The van der Waals surface area contributed by atoms with E-state index < -0.39 is 6.04 Å². The molecular formula is C16H22N2O3. The molecule has 1 aliphatic rings. The lowest BCUT2D eigenvalue weighted by Crippen LogP contribution is -2.43. The first-order valence-electron chi connectivity index (χ1n) is 7.27. The molecule has 1 saturated heterocycles. The Kier molecular flexibility index (Phi) is 5.33. The van der Waals surface area contributed by atoms with Gasteiger partial charge in [0.1, 0.15) is 6.04 Å². The monoisotopic (exact) mass is 290 g/mol. The summed E-state index contributed by atoms with van der Waals surface area (Å²) in [6.45, 7) is 3.05. The summed E-state index contributed by atoms with van der Waals surface area (Å²) in [5.74, 6) is -0.130. The van der Waals surface area contributed by atoms with E-state index in [-0.39, 0.29) is 17.9 Å². The van der Waals surface area contributed by atoms with Crippen LogP contribution in [0, 0.1) is 0 Å². The van der Waals surface area contributed by atoms with Crippen molar-refractivity contribution in [3.63, 3.8) is 0 Å². The summed E-state index contributed by atoms with van der Waals surface area (Å²) in [6.07, 6.45) is 1.10. The van der Waals surface area contributed by atoms with Gasteiger partial charge in [-0.05, 0) is 18.9 Å². The van der Waals surface area contributed by atoms with Crippen molar-refractivity contribution < 1.29 is 14.3 Å². The van der Waals surface area contributed by atoms with Gasteiger partial charge in [-0.2, -0.15) is 0 Å². The molecule has 5 heteroatoms. The van der Waals surface area contributed by atoms with E-state index in [0.29, 0.717) is 19.6 Å². The second-order valence-electron chi connectivity index (χ2n) is 5.32. The second kappa shape index (κ2) is 7.22. The number of ether oxygens (including phenoxy) is 1. The average Bonchev–Trinajstić information content (AvgIpc) is 2.65. The van der Waals surface area contributed by atoms with Crippen LogP contribution in [-0.2, 0) is 14.3 Å². The molecule has 1 fully saturated rings. The van der Waals surface area contributed by atoms with Crippen molar-refractivity contribution >= 4 is 11.8 Å². The quantitative estimate of drug-likeness (QED) is 0.894. The molecule has 21 heavy (non-hydrogen) atoms. The smallest absolute Gasteiger partial charge is 0.250 e. The molecule has 1 aromatic carbocycles. The van der Waals surface area contributed by atoms with Crippen molar-refractivity contribution in [3.05, 3.63) is 35.9 Å². The first-order valence-corrected chi connectivity index (χ1v) is 7.27. The maximum Gasteiger partial charge on any atom is 0.250 e. The van der Waals surface area contributed by atoms with Gasteiger partial charge in [-0.25, -0.2) is 0 Å². The SMILES string of the molecule is COCCC(C)N1CCC(=O)NC(c2ccccc2)C1=O. The van der Waals surface area contributed by atoms with Gasteiger partial charge in [0.05, 0.1) is 0 Å². The zero-order valence-electron chi connectivity index (χ0n) is 12.5. The third-order valence-electron chi connectivity index (χ3n) is 3.82. The molecule has 0 saturated carbocycles. The van der Waals surface area contributed by atoms with Crippen LogP contribution in [0.25, 0.3) is 0 Å². The number of carbonyl (C=O) groups excluding carboxylic acids is 2. The van der Waals surface area contributed by atoms with Crippen LogP contribution in [0.4, 0.5) is 0 Å². The standard InChI is InChI=1S/C16H22N2O3/c1-12(9-11-21-2)18-10-8-14(19)17-15(16(18)20)13-6-4-3-5-7-13/h3-7,12,15H,8-11H2,1-2H3,(H,17,19). The molecule has 5 nitrogen and oxygen atoms in total. The van der Waals surface area contributed by atoms with Crippen molar-refractivity contribution in [1.82, 2.24) is 10.2 Å². The number of methoxy groups -OCH3 is 1. The minimum atomic E-state index is -0.591. The predicted octanol–water partition coefficient (Wildman–Crippen LogP) is 1.50. The number of nitrogens with one attached hydrogen (secondary N) is 1. The summed E-state index contributed by atoms with van der Waals surface area (Å²) in [7, 11) is 1.65. The molecule has 114 valence electrons. The van der Waals surface area contributed by atoms with Crippen LogP contribution in [0.15, 0.2) is 30.3 Å². The molecular weight excluding hydrogens is 268 g/mol. The summed E-state index contributed by atoms with van der Waals surface area (Å²) in [5, 5.41) is 2.82. The van der Waals surface area contributed by atoms with Crippen LogP contribution in [0.5, 0.6) is 0 Å². The van der Waals surface area contributed by atoms with Crippen LogP contribution >= 0.6 is 0 Å². The summed E-state index contributed by atoms with van der Waals surface area (Å²) in [4.78, 5) is 26.4. The van der Waals surface area contributed by atoms with E-state index in [9.17, 15) is 9.59 Å². The highest BCUT2D eigenvalue weighted by Gasteiger charge is 2.33. The van der Waals surface area contributed by atoms with E-state index in [1.54, 1.807) is 12.0 Å². The molecule has 2 unspecified atom stereocenters. The minimum absolute atomic E-state index is 0.0457. The summed E-state index contributed by atoms with van der Waals surface area (Å²) in [5.41, 5.74) is 0.821. The van der Waals surface area contributed by atoms with Crippen LogP contribution in [0.1, 0.15) is 31.4 Å². The van der Waals surface area contributed by atoms with Crippen molar-refractivity contribution in [2.45, 2.75) is 31.8 Å². The molecule has 0 aliphatic carbocycles. The molecule has 2 atom stereocenters. The first kappa shape index (κ1) is 15.5. The van der Waals surface area contributed by atoms with E-state index in [2.05, 4.69) is 5.32 Å². The number of hydrogen-bond acceptors (Lipinski definition) is 3. The zero-order chi connectivity index (χ0) is 15.2. The van der Waals surface area contributed by atoms with Gasteiger partial charge in [-0.1, -0.05) is 30.3 Å². The summed E-state index contributed by atoms with van der Waals surface area (Å²) >= 11 is 0. The topological polar surface area (TPSA) is 58.6 Å². The zero-order valence-corrected chi connectivity index (χ0v) is 12.5. The van der Waals surface area contributed by atoms with Gasteiger partial charge in [0, 0.05) is 32.7 Å². The molecule has 1 heterocycles. The number of rotatable bonds is 5. The Morgan fingerprint density at radius 2 is 2.05 bits per heavy atom. The van der Waals surface area contributed by atoms with E-state index >= 15 is 0 Å². The second-order valence-corrected chi connectivity index (χ2v) is 5.32. The Bertz CT molecular complexity index is 490. The Hall–Kier alpha value is -1.88. The van der Waals surface area contributed by atoms with Gasteiger partial charge >= 0.3 is 0 Å². The molecule has 0 aromatic heterocycles. The van der Waals surface area contributed by atoms with Gasteiger partial charge < -0.3 is 15.0 Å². The van der Waals surface area contributed by atoms with Crippen LogP contribution in [0.2, 0.25) is 0 Å². The normalized spacial score (nSPS) is 20.9. The molecule has 1 aliphatic heterocycles. The highest BCUT2D eigenvalue weighted by atomic mass is 16.5. The maximum atomic E-state index is 12.8. The van der Waals surface area contributed by atoms with E-state index in [1.807, 2.05) is 37.3 Å². The van der Waals surface area contributed by atoms with Crippen LogP contribution < -0.4 is 5.32 Å². The maximum absolute atomic E-state index is 12.8. The molecule has 0 spiro atoms. The lowest BCUT2D eigenvalue weighted by molar-refractivity contribution is -0.135. The molecule has 0 radical (unpaired) electrons. The average molecular weight is 290 g/mol. The van der Waals surface area contributed by atoms with Gasteiger partial charge in [-0.3, -0.25) is 9.59 Å². The van der Waals surface area contributed by atoms with Crippen molar-refractivity contribution in [2.75, 3.05) is 20.3 Å². The molecule has 0 bridgehead atoms. The van der Waals surface area contributed by atoms with Crippen molar-refractivity contribution in [3.8, 4) is 0 Å². The van der Waals surface area contributed by atoms with Crippen LogP contribution in [0.3, 0.4) is 0 Å². The highest BCUT2D eigenvalue weighted by Crippen LogP contribution is 2.21. The first-order chi connectivity index (χ1) is 10.1. The lowest BCUT2D eigenvalue weighted by Gasteiger charge is -2.30. The molecule has 2 amide bonds. The number of carbonyl (C=O) groups is 2. The largest absolute Gasteiger partial charge is 0.385 e. The number of amides is 2. The highest BCUT2D eigenvalue weighted by molar-refractivity contribution is 5.91. The fraction of sp³-hybridized carbons (Fsp3) is 0.500.